The molecule has 0 fully saturated rings. The van der Waals surface area contributed by atoms with Gasteiger partial charge in [0.2, 0.25) is 0 Å². The van der Waals surface area contributed by atoms with E-state index in [4.69, 9.17) is 12.2 Å². The predicted molar refractivity (Wildman–Crippen MR) is 87.8 cm³/mol. The molecule has 0 saturated carbocycles. The Morgan fingerprint density at radius 3 is 2.64 bits per heavy atom. The summed E-state index contributed by atoms with van der Waals surface area (Å²) in [4.78, 5) is 18.2. The molecule has 2 N–H and O–H groups in total. The molecule has 0 unspecified atom stereocenters. The summed E-state index contributed by atoms with van der Waals surface area (Å²) in [6.45, 7) is 0. The molecular weight excluding hydrogens is 274 g/mol. The van der Waals surface area contributed by atoms with Gasteiger partial charge in [0.05, 0.1) is 11.4 Å². The molecule has 0 radical (unpaired) electrons. The first-order valence-electron chi connectivity index (χ1n) is 6.89. The molecule has 0 spiro atoms. The summed E-state index contributed by atoms with van der Waals surface area (Å²) in [6, 6.07) is 15.1. The van der Waals surface area contributed by atoms with Gasteiger partial charge >= 0.3 is 0 Å². The van der Waals surface area contributed by atoms with Crippen LogP contribution in [0.5, 0.6) is 0 Å². The van der Waals surface area contributed by atoms with Crippen LogP contribution in [-0.4, -0.2) is 24.8 Å². The molecule has 1 aliphatic rings. The molecule has 108 valence electrons. The number of rotatable bonds is 1. The van der Waals surface area contributed by atoms with Gasteiger partial charge in [-0.15, -0.1) is 6.42 Å². The molecule has 0 aliphatic carbocycles. The standard InChI is InChI=1S/C18H15N3O/c1-3-12-9-10-15-14(11-12)16(13-7-5-4-6-8-13)20-17(19)18(22)21(15)2/h1,4-11,17H,19H2,2H3/t17-/m1/s1. The molecular formula is C18H15N3O. The number of nitrogens with zero attached hydrogens (tertiary/aromatic N) is 2. The van der Waals surface area contributed by atoms with Crippen molar-refractivity contribution in [1.29, 1.82) is 0 Å². The van der Waals surface area contributed by atoms with Crippen LogP contribution in [0, 0.1) is 12.3 Å². The van der Waals surface area contributed by atoms with E-state index in [0.717, 1.165) is 22.4 Å². The zero-order valence-corrected chi connectivity index (χ0v) is 12.2. The number of amides is 1. The van der Waals surface area contributed by atoms with Crippen LogP contribution in [0.1, 0.15) is 16.7 Å². The number of aliphatic imine (C=N–C) groups is 1. The Balaban J connectivity index is 2.29. The third-order valence-corrected chi connectivity index (χ3v) is 3.68. The van der Waals surface area contributed by atoms with Crippen molar-refractivity contribution in [3.63, 3.8) is 0 Å². The summed E-state index contributed by atoms with van der Waals surface area (Å²) in [6.07, 6.45) is 4.57. The highest BCUT2D eigenvalue weighted by Crippen LogP contribution is 2.27. The van der Waals surface area contributed by atoms with E-state index in [-0.39, 0.29) is 5.91 Å². The third kappa shape index (κ3) is 2.28. The maximum atomic E-state index is 12.3. The molecule has 1 atom stereocenters. The Morgan fingerprint density at radius 1 is 1.23 bits per heavy atom. The highest BCUT2D eigenvalue weighted by molar-refractivity contribution is 6.20. The van der Waals surface area contributed by atoms with Crippen molar-refractivity contribution < 1.29 is 4.79 Å². The van der Waals surface area contributed by atoms with Gasteiger partial charge in [0, 0.05) is 23.7 Å². The van der Waals surface area contributed by atoms with Crippen LogP contribution in [0.3, 0.4) is 0 Å². The Morgan fingerprint density at radius 2 is 1.95 bits per heavy atom. The SMILES string of the molecule is C#Cc1ccc2c(c1)C(c1ccccc1)=N[C@@H](N)C(=O)N2C. The molecule has 0 saturated heterocycles. The lowest BCUT2D eigenvalue weighted by molar-refractivity contribution is -0.119. The minimum Gasteiger partial charge on any atom is -0.312 e. The van der Waals surface area contributed by atoms with Crippen molar-refractivity contribution in [1.82, 2.24) is 0 Å². The third-order valence-electron chi connectivity index (χ3n) is 3.68. The number of carbonyl (C=O) groups excluding carboxylic acids is 1. The Kier molecular flexibility index (Phi) is 3.50. The molecule has 1 aliphatic heterocycles. The van der Waals surface area contributed by atoms with Gasteiger partial charge in [-0.1, -0.05) is 36.3 Å². The van der Waals surface area contributed by atoms with E-state index >= 15 is 0 Å². The number of benzene rings is 2. The Hall–Kier alpha value is -2.90. The van der Waals surface area contributed by atoms with Gasteiger partial charge in [-0.05, 0) is 18.2 Å². The number of carbonyl (C=O) groups is 1. The summed E-state index contributed by atoms with van der Waals surface area (Å²) in [5.41, 5.74) is 9.80. The highest BCUT2D eigenvalue weighted by Gasteiger charge is 2.27. The summed E-state index contributed by atoms with van der Waals surface area (Å²) in [5.74, 6) is 2.37. The molecule has 0 bridgehead atoms. The zero-order chi connectivity index (χ0) is 15.7. The maximum Gasteiger partial charge on any atom is 0.266 e. The Labute approximate surface area is 129 Å². The molecule has 2 aromatic rings. The van der Waals surface area contributed by atoms with E-state index < -0.39 is 6.17 Å². The molecule has 2 aromatic carbocycles. The van der Waals surface area contributed by atoms with Crippen LogP contribution in [0.15, 0.2) is 53.5 Å². The number of nitrogens with two attached hydrogens (primary N) is 1. The lowest BCUT2D eigenvalue weighted by Crippen LogP contribution is -2.39. The fraction of sp³-hybridized carbons (Fsp3) is 0.111. The smallest absolute Gasteiger partial charge is 0.266 e. The summed E-state index contributed by atoms with van der Waals surface area (Å²) in [7, 11) is 1.69. The molecule has 4 heteroatoms. The van der Waals surface area contributed by atoms with Gasteiger partial charge in [-0.25, -0.2) is 0 Å². The lowest BCUT2D eigenvalue weighted by atomic mass is 9.98. The van der Waals surface area contributed by atoms with Gasteiger partial charge in [-0.2, -0.15) is 0 Å². The van der Waals surface area contributed by atoms with Crippen LogP contribution < -0.4 is 10.6 Å². The number of likely N-dealkylation sites (N-methyl/N-ethyl adjacent to an activating group) is 1. The molecule has 4 nitrogen and oxygen atoms in total. The molecule has 1 heterocycles. The van der Waals surface area contributed by atoms with Gasteiger partial charge in [0.1, 0.15) is 0 Å². The first-order valence-corrected chi connectivity index (χ1v) is 6.89. The van der Waals surface area contributed by atoms with E-state index in [9.17, 15) is 4.79 Å². The summed E-state index contributed by atoms with van der Waals surface area (Å²) in [5, 5.41) is 0. The van der Waals surface area contributed by atoms with Gasteiger partial charge < -0.3 is 10.6 Å². The number of benzodiazepines with no additional fused rings is 1. The van der Waals surface area contributed by atoms with Crippen molar-refractivity contribution in [3.05, 3.63) is 65.2 Å². The minimum absolute atomic E-state index is 0.249. The average Bonchev–Trinajstić information content (AvgIpc) is 2.66. The number of hydrogen-bond acceptors (Lipinski definition) is 3. The van der Waals surface area contributed by atoms with E-state index in [1.165, 1.54) is 4.90 Å². The van der Waals surface area contributed by atoms with Crippen molar-refractivity contribution in [3.8, 4) is 12.3 Å². The van der Waals surface area contributed by atoms with Crippen molar-refractivity contribution in [2.45, 2.75) is 6.17 Å². The van der Waals surface area contributed by atoms with Gasteiger partial charge in [0.25, 0.3) is 5.91 Å². The molecule has 3 rings (SSSR count). The Bertz CT molecular complexity index is 803. The zero-order valence-electron chi connectivity index (χ0n) is 12.2. The molecule has 0 aromatic heterocycles. The second kappa shape index (κ2) is 5.47. The number of fused-ring (bicyclic) bond motifs is 1. The normalized spacial score (nSPS) is 17.3. The first kappa shape index (κ1) is 14.1. The lowest BCUT2D eigenvalue weighted by Gasteiger charge is -2.19. The van der Waals surface area contributed by atoms with E-state index in [1.807, 2.05) is 48.5 Å². The van der Waals surface area contributed by atoms with Crippen molar-refractivity contribution >= 4 is 17.3 Å². The van der Waals surface area contributed by atoms with Crippen LogP contribution >= 0.6 is 0 Å². The van der Waals surface area contributed by atoms with Crippen LogP contribution in [0.2, 0.25) is 0 Å². The first-order chi connectivity index (χ1) is 10.6. The van der Waals surface area contributed by atoms with Crippen molar-refractivity contribution in [2.24, 2.45) is 10.7 Å². The van der Waals surface area contributed by atoms with Gasteiger partial charge in [-0.3, -0.25) is 9.79 Å². The van der Waals surface area contributed by atoms with E-state index in [0.29, 0.717) is 5.71 Å². The largest absolute Gasteiger partial charge is 0.312 e. The number of anilines is 1. The van der Waals surface area contributed by atoms with Crippen molar-refractivity contribution in [2.75, 3.05) is 11.9 Å². The highest BCUT2D eigenvalue weighted by atomic mass is 16.2. The van der Waals surface area contributed by atoms with E-state index in [1.54, 1.807) is 7.05 Å². The topological polar surface area (TPSA) is 58.7 Å². The average molecular weight is 289 g/mol. The second-order valence-electron chi connectivity index (χ2n) is 5.06. The maximum absolute atomic E-state index is 12.3. The van der Waals surface area contributed by atoms with Crippen LogP contribution in [-0.2, 0) is 4.79 Å². The van der Waals surface area contributed by atoms with E-state index in [2.05, 4.69) is 10.9 Å². The summed E-state index contributed by atoms with van der Waals surface area (Å²) >= 11 is 0. The monoisotopic (exact) mass is 289 g/mol. The molecule has 1 amide bonds. The quantitative estimate of drug-likeness (QED) is 0.813. The number of terminal acetylenes is 1. The predicted octanol–water partition coefficient (Wildman–Crippen LogP) is 1.77. The van der Waals surface area contributed by atoms with Crippen LogP contribution in [0.4, 0.5) is 5.69 Å². The summed E-state index contributed by atoms with van der Waals surface area (Å²) < 4.78 is 0. The number of hydrogen-bond donors (Lipinski definition) is 1. The minimum atomic E-state index is -0.929. The second-order valence-corrected chi connectivity index (χ2v) is 5.06. The fourth-order valence-corrected chi connectivity index (χ4v) is 2.52. The molecule has 22 heavy (non-hydrogen) atoms. The fourth-order valence-electron chi connectivity index (χ4n) is 2.52. The van der Waals surface area contributed by atoms with Gasteiger partial charge in [0.15, 0.2) is 6.17 Å². The van der Waals surface area contributed by atoms with Crippen LogP contribution in [0.25, 0.3) is 0 Å².